The lowest BCUT2D eigenvalue weighted by molar-refractivity contribution is 0.171. The zero-order chi connectivity index (χ0) is 10.4. The predicted molar refractivity (Wildman–Crippen MR) is 51.9 cm³/mol. The molecule has 0 saturated heterocycles. The molecule has 1 aromatic heterocycles. The molecular weight excluding hydrogens is 182 g/mol. The number of ether oxygens (including phenoxy) is 1. The molecule has 5 nitrogen and oxygen atoms in total. The Morgan fingerprint density at radius 3 is 3.07 bits per heavy atom. The van der Waals surface area contributed by atoms with Crippen molar-refractivity contribution in [2.45, 2.75) is 12.8 Å². The van der Waals surface area contributed by atoms with Crippen molar-refractivity contribution in [1.82, 2.24) is 15.1 Å². The zero-order valence-electron chi connectivity index (χ0n) is 8.49. The molecule has 0 bridgehead atoms. The van der Waals surface area contributed by atoms with Gasteiger partial charge in [0.05, 0.1) is 13.3 Å². The molecule has 0 aliphatic carbocycles. The van der Waals surface area contributed by atoms with Gasteiger partial charge in [0.2, 0.25) is 0 Å². The molecule has 0 aliphatic rings. The lowest BCUT2D eigenvalue weighted by atomic mass is 10.2. The molecule has 0 atom stereocenters. The average molecular weight is 197 g/mol. The fourth-order valence-electron chi connectivity index (χ4n) is 1.16. The maximum atomic E-state index is 10.7. The second-order valence-corrected chi connectivity index (χ2v) is 3.04. The summed E-state index contributed by atoms with van der Waals surface area (Å²) < 4.78 is 6.21. The Hall–Kier alpha value is -1.52. The molecule has 0 aromatic carbocycles. The molecule has 78 valence electrons. The zero-order valence-corrected chi connectivity index (χ0v) is 8.49. The van der Waals surface area contributed by atoms with E-state index in [4.69, 9.17) is 0 Å². The van der Waals surface area contributed by atoms with E-state index in [2.05, 4.69) is 15.2 Å². The molecule has 0 aliphatic heterocycles. The molecule has 1 rings (SSSR count). The molecule has 5 heteroatoms. The topological polar surface area (TPSA) is 56.1 Å². The molecule has 1 heterocycles. The molecule has 1 aromatic rings. The smallest absolute Gasteiger partial charge is 0.406 e. The van der Waals surface area contributed by atoms with Gasteiger partial charge in [-0.15, -0.1) is 0 Å². The maximum absolute atomic E-state index is 10.7. The van der Waals surface area contributed by atoms with Crippen molar-refractivity contribution in [2.75, 3.05) is 13.7 Å². The van der Waals surface area contributed by atoms with Crippen LogP contribution in [0, 0.1) is 0 Å². The molecule has 1 amide bonds. The Morgan fingerprint density at radius 1 is 1.71 bits per heavy atom. The summed E-state index contributed by atoms with van der Waals surface area (Å²) in [6.45, 7) is 0.627. The second kappa shape index (κ2) is 5.26. The number of nitrogens with zero attached hydrogens (tertiary/aromatic N) is 2. The van der Waals surface area contributed by atoms with E-state index in [1.165, 1.54) is 12.7 Å². The number of carbonyl (C=O) groups is 1. The van der Waals surface area contributed by atoms with E-state index >= 15 is 0 Å². The standard InChI is InChI=1S/C9H15N3O2/c1-12-7-8(6-11-12)4-3-5-10-9(13)14-2/h6-7H,3-5H2,1-2H3,(H,10,13). The van der Waals surface area contributed by atoms with Gasteiger partial charge < -0.3 is 10.1 Å². The van der Waals surface area contributed by atoms with Crippen LogP contribution in [0.4, 0.5) is 4.79 Å². The number of aromatic nitrogens is 2. The van der Waals surface area contributed by atoms with Crippen molar-refractivity contribution in [3.05, 3.63) is 18.0 Å². The van der Waals surface area contributed by atoms with Crippen molar-refractivity contribution in [1.29, 1.82) is 0 Å². The van der Waals surface area contributed by atoms with Crippen LogP contribution >= 0.6 is 0 Å². The molecule has 0 spiro atoms. The second-order valence-electron chi connectivity index (χ2n) is 3.04. The van der Waals surface area contributed by atoms with Crippen molar-refractivity contribution in [3.8, 4) is 0 Å². The molecule has 0 saturated carbocycles. The SMILES string of the molecule is COC(=O)NCCCc1cnn(C)c1. The van der Waals surface area contributed by atoms with Gasteiger partial charge in [-0.1, -0.05) is 0 Å². The quantitative estimate of drug-likeness (QED) is 0.723. The van der Waals surface area contributed by atoms with Crippen LogP contribution in [0.25, 0.3) is 0 Å². The molecule has 14 heavy (non-hydrogen) atoms. The normalized spacial score (nSPS) is 9.86. The van der Waals surface area contributed by atoms with E-state index in [9.17, 15) is 4.79 Å². The number of alkyl carbamates (subject to hydrolysis) is 1. The van der Waals surface area contributed by atoms with Crippen LogP contribution in [-0.2, 0) is 18.2 Å². The molecular formula is C9H15N3O2. The maximum Gasteiger partial charge on any atom is 0.406 e. The van der Waals surface area contributed by atoms with Gasteiger partial charge >= 0.3 is 6.09 Å². The summed E-state index contributed by atoms with van der Waals surface area (Å²) in [7, 11) is 3.24. The highest BCUT2D eigenvalue weighted by molar-refractivity contribution is 5.66. The van der Waals surface area contributed by atoms with Gasteiger partial charge in [0.1, 0.15) is 0 Å². The van der Waals surface area contributed by atoms with Gasteiger partial charge in [0.25, 0.3) is 0 Å². The lowest BCUT2D eigenvalue weighted by Gasteiger charge is -2.01. The van der Waals surface area contributed by atoms with E-state index in [0.29, 0.717) is 6.54 Å². The van der Waals surface area contributed by atoms with Crippen LogP contribution in [0.15, 0.2) is 12.4 Å². The van der Waals surface area contributed by atoms with E-state index in [1.54, 1.807) is 4.68 Å². The van der Waals surface area contributed by atoms with E-state index in [1.807, 2.05) is 19.4 Å². The Balaban J connectivity index is 2.13. The van der Waals surface area contributed by atoms with Crippen LogP contribution < -0.4 is 5.32 Å². The number of hydrogen-bond donors (Lipinski definition) is 1. The summed E-state index contributed by atoms with van der Waals surface area (Å²) in [5.41, 5.74) is 1.18. The summed E-state index contributed by atoms with van der Waals surface area (Å²) >= 11 is 0. The third-order valence-electron chi connectivity index (χ3n) is 1.86. The number of methoxy groups -OCH3 is 1. The van der Waals surface area contributed by atoms with E-state index in [-0.39, 0.29) is 6.09 Å². The lowest BCUT2D eigenvalue weighted by Crippen LogP contribution is -2.24. The largest absolute Gasteiger partial charge is 0.453 e. The van der Waals surface area contributed by atoms with Crippen LogP contribution in [0.2, 0.25) is 0 Å². The highest BCUT2D eigenvalue weighted by atomic mass is 16.5. The Kier molecular flexibility index (Phi) is 3.97. The first-order chi connectivity index (χ1) is 6.72. The highest BCUT2D eigenvalue weighted by Gasteiger charge is 1.98. The summed E-state index contributed by atoms with van der Waals surface area (Å²) in [5.74, 6) is 0. The highest BCUT2D eigenvalue weighted by Crippen LogP contribution is 1.99. The summed E-state index contributed by atoms with van der Waals surface area (Å²) in [5, 5.41) is 6.67. The Morgan fingerprint density at radius 2 is 2.50 bits per heavy atom. The first kappa shape index (κ1) is 10.6. The van der Waals surface area contributed by atoms with Gasteiger partial charge in [0.15, 0.2) is 0 Å². The first-order valence-electron chi connectivity index (χ1n) is 4.51. The van der Waals surface area contributed by atoms with Crippen molar-refractivity contribution in [3.63, 3.8) is 0 Å². The third kappa shape index (κ3) is 3.47. The van der Waals surface area contributed by atoms with E-state index in [0.717, 1.165) is 12.8 Å². The summed E-state index contributed by atoms with van der Waals surface area (Å²) in [6, 6.07) is 0. The van der Waals surface area contributed by atoms with Crippen molar-refractivity contribution < 1.29 is 9.53 Å². The Bertz CT molecular complexity index is 296. The summed E-state index contributed by atoms with van der Waals surface area (Å²) in [6.07, 6.45) is 5.23. The van der Waals surface area contributed by atoms with Crippen LogP contribution in [0.3, 0.4) is 0 Å². The number of nitrogens with one attached hydrogen (secondary N) is 1. The van der Waals surface area contributed by atoms with Crippen molar-refractivity contribution >= 4 is 6.09 Å². The minimum atomic E-state index is -0.379. The predicted octanol–water partition coefficient (Wildman–Crippen LogP) is 0.709. The van der Waals surface area contributed by atoms with E-state index < -0.39 is 0 Å². The fraction of sp³-hybridized carbons (Fsp3) is 0.556. The van der Waals surface area contributed by atoms with Crippen LogP contribution in [-0.4, -0.2) is 29.5 Å². The van der Waals surface area contributed by atoms with Gasteiger partial charge in [-0.2, -0.15) is 5.10 Å². The number of rotatable bonds is 4. The first-order valence-corrected chi connectivity index (χ1v) is 4.51. The number of hydrogen-bond acceptors (Lipinski definition) is 3. The molecule has 1 N–H and O–H groups in total. The summed E-state index contributed by atoms with van der Waals surface area (Å²) in [4.78, 5) is 10.7. The van der Waals surface area contributed by atoms with Gasteiger partial charge in [0, 0.05) is 19.8 Å². The molecule has 0 fully saturated rings. The monoisotopic (exact) mass is 197 g/mol. The van der Waals surface area contributed by atoms with Crippen LogP contribution in [0.5, 0.6) is 0 Å². The molecule has 0 unspecified atom stereocenters. The minimum Gasteiger partial charge on any atom is -0.453 e. The number of amides is 1. The average Bonchev–Trinajstić information content (AvgIpc) is 2.58. The minimum absolute atomic E-state index is 0.379. The number of carbonyl (C=O) groups excluding carboxylic acids is 1. The third-order valence-corrected chi connectivity index (χ3v) is 1.86. The Labute approximate surface area is 83.1 Å². The number of aryl methyl sites for hydroxylation is 2. The van der Waals surface area contributed by atoms with Gasteiger partial charge in [-0.3, -0.25) is 4.68 Å². The van der Waals surface area contributed by atoms with Crippen molar-refractivity contribution in [2.24, 2.45) is 7.05 Å². The van der Waals surface area contributed by atoms with Gasteiger partial charge in [-0.05, 0) is 18.4 Å². The van der Waals surface area contributed by atoms with Crippen LogP contribution in [0.1, 0.15) is 12.0 Å². The molecule has 0 radical (unpaired) electrons. The van der Waals surface area contributed by atoms with Gasteiger partial charge in [-0.25, -0.2) is 4.79 Å². The fourth-order valence-corrected chi connectivity index (χ4v) is 1.16.